The maximum atomic E-state index is 11.6. The molecule has 0 aliphatic heterocycles. The Labute approximate surface area is 106 Å². The third-order valence-corrected chi connectivity index (χ3v) is 4.18. The SMILES string of the molecule is CCc1cnc(CNC(=O)NC2CCCC2)s1. The number of aryl methyl sites for hydroxylation is 1. The summed E-state index contributed by atoms with van der Waals surface area (Å²) in [5.74, 6) is 0. The van der Waals surface area contributed by atoms with Crippen molar-refractivity contribution in [3.63, 3.8) is 0 Å². The van der Waals surface area contributed by atoms with Crippen LogP contribution in [0.4, 0.5) is 4.79 Å². The van der Waals surface area contributed by atoms with E-state index in [1.54, 1.807) is 11.3 Å². The van der Waals surface area contributed by atoms with Gasteiger partial charge < -0.3 is 10.6 Å². The zero-order valence-electron chi connectivity index (χ0n) is 10.2. The second-order valence-corrected chi connectivity index (χ2v) is 5.58. The van der Waals surface area contributed by atoms with Crippen LogP contribution in [0.15, 0.2) is 6.20 Å². The number of rotatable bonds is 4. The molecular formula is C12H19N3OS. The summed E-state index contributed by atoms with van der Waals surface area (Å²) < 4.78 is 0. The topological polar surface area (TPSA) is 54.0 Å². The molecule has 0 spiro atoms. The third-order valence-electron chi connectivity index (χ3n) is 3.04. The van der Waals surface area contributed by atoms with Crippen molar-refractivity contribution in [1.29, 1.82) is 0 Å². The molecule has 1 saturated carbocycles. The zero-order valence-corrected chi connectivity index (χ0v) is 11.0. The molecular weight excluding hydrogens is 234 g/mol. The van der Waals surface area contributed by atoms with Crippen LogP contribution in [0.3, 0.4) is 0 Å². The molecule has 2 amide bonds. The maximum absolute atomic E-state index is 11.6. The summed E-state index contributed by atoms with van der Waals surface area (Å²) in [4.78, 5) is 17.1. The molecule has 0 aromatic carbocycles. The Balaban J connectivity index is 1.71. The van der Waals surface area contributed by atoms with Gasteiger partial charge in [-0.2, -0.15) is 0 Å². The average molecular weight is 253 g/mol. The number of urea groups is 1. The summed E-state index contributed by atoms with van der Waals surface area (Å²) in [6.45, 7) is 2.64. The first-order valence-electron chi connectivity index (χ1n) is 6.26. The quantitative estimate of drug-likeness (QED) is 0.866. The molecule has 2 rings (SSSR count). The van der Waals surface area contributed by atoms with Gasteiger partial charge in [0.15, 0.2) is 0 Å². The van der Waals surface area contributed by atoms with Gasteiger partial charge in [0.1, 0.15) is 5.01 Å². The van der Waals surface area contributed by atoms with Crippen LogP contribution in [-0.2, 0) is 13.0 Å². The first-order valence-corrected chi connectivity index (χ1v) is 7.07. The fraction of sp³-hybridized carbons (Fsp3) is 0.667. The van der Waals surface area contributed by atoms with Crippen molar-refractivity contribution in [1.82, 2.24) is 15.6 Å². The minimum Gasteiger partial charge on any atom is -0.335 e. The van der Waals surface area contributed by atoms with Crippen molar-refractivity contribution in [2.45, 2.75) is 51.6 Å². The monoisotopic (exact) mass is 253 g/mol. The van der Waals surface area contributed by atoms with E-state index in [2.05, 4.69) is 22.5 Å². The second kappa shape index (κ2) is 6.00. The van der Waals surface area contributed by atoms with Crippen LogP contribution in [0.1, 0.15) is 42.5 Å². The molecule has 1 aromatic heterocycles. The number of carbonyl (C=O) groups is 1. The Kier molecular flexibility index (Phi) is 4.36. The standard InChI is InChI=1S/C12H19N3OS/c1-2-10-7-13-11(17-10)8-14-12(16)15-9-5-3-4-6-9/h7,9H,2-6,8H2,1H3,(H2,14,15,16). The molecule has 1 aliphatic rings. The van der Waals surface area contributed by atoms with Crippen LogP contribution >= 0.6 is 11.3 Å². The third kappa shape index (κ3) is 3.70. The zero-order chi connectivity index (χ0) is 12.1. The minimum absolute atomic E-state index is 0.0647. The first kappa shape index (κ1) is 12.4. The molecule has 0 saturated heterocycles. The highest BCUT2D eigenvalue weighted by molar-refractivity contribution is 7.11. The fourth-order valence-electron chi connectivity index (χ4n) is 2.06. The second-order valence-electron chi connectivity index (χ2n) is 4.38. The average Bonchev–Trinajstić information content (AvgIpc) is 2.96. The molecule has 94 valence electrons. The van der Waals surface area contributed by atoms with E-state index in [-0.39, 0.29) is 6.03 Å². The van der Waals surface area contributed by atoms with Gasteiger partial charge in [-0.05, 0) is 19.3 Å². The van der Waals surface area contributed by atoms with Crippen LogP contribution < -0.4 is 10.6 Å². The highest BCUT2D eigenvalue weighted by Crippen LogP contribution is 2.17. The molecule has 0 atom stereocenters. The number of hydrogen-bond acceptors (Lipinski definition) is 3. The summed E-state index contributed by atoms with van der Waals surface area (Å²) in [5.41, 5.74) is 0. The number of nitrogens with zero attached hydrogens (tertiary/aromatic N) is 1. The number of thiazole rings is 1. The van der Waals surface area contributed by atoms with E-state index in [0.29, 0.717) is 12.6 Å². The van der Waals surface area contributed by atoms with Gasteiger partial charge in [-0.1, -0.05) is 19.8 Å². The number of amides is 2. The van der Waals surface area contributed by atoms with Gasteiger partial charge >= 0.3 is 6.03 Å². The van der Waals surface area contributed by atoms with E-state index in [0.717, 1.165) is 24.3 Å². The summed E-state index contributed by atoms with van der Waals surface area (Å²) >= 11 is 1.66. The molecule has 5 heteroatoms. The Morgan fingerprint density at radius 1 is 1.53 bits per heavy atom. The molecule has 1 aliphatic carbocycles. The van der Waals surface area contributed by atoms with Gasteiger partial charge in [0.05, 0.1) is 6.54 Å². The van der Waals surface area contributed by atoms with Gasteiger partial charge in [0.25, 0.3) is 0 Å². The molecule has 4 nitrogen and oxygen atoms in total. The predicted molar refractivity (Wildman–Crippen MR) is 69.1 cm³/mol. The lowest BCUT2D eigenvalue weighted by Crippen LogP contribution is -2.40. The highest BCUT2D eigenvalue weighted by Gasteiger charge is 2.16. The lowest BCUT2D eigenvalue weighted by Gasteiger charge is -2.12. The first-order chi connectivity index (χ1) is 8.28. The van der Waals surface area contributed by atoms with Gasteiger partial charge in [0, 0.05) is 17.1 Å². The number of aromatic nitrogens is 1. The molecule has 2 N–H and O–H groups in total. The van der Waals surface area contributed by atoms with Crippen molar-refractivity contribution in [3.05, 3.63) is 16.1 Å². The molecule has 1 aromatic rings. The Morgan fingerprint density at radius 3 is 2.94 bits per heavy atom. The highest BCUT2D eigenvalue weighted by atomic mass is 32.1. The Morgan fingerprint density at radius 2 is 2.29 bits per heavy atom. The van der Waals surface area contributed by atoms with Gasteiger partial charge in [-0.25, -0.2) is 9.78 Å². The van der Waals surface area contributed by atoms with Crippen LogP contribution in [0.5, 0.6) is 0 Å². The maximum Gasteiger partial charge on any atom is 0.315 e. The number of carbonyl (C=O) groups excluding carboxylic acids is 1. The predicted octanol–water partition coefficient (Wildman–Crippen LogP) is 2.45. The smallest absolute Gasteiger partial charge is 0.315 e. The van der Waals surface area contributed by atoms with Crippen molar-refractivity contribution < 1.29 is 4.79 Å². The van der Waals surface area contributed by atoms with Crippen LogP contribution in [0.25, 0.3) is 0 Å². The largest absolute Gasteiger partial charge is 0.335 e. The van der Waals surface area contributed by atoms with E-state index in [9.17, 15) is 4.79 Å². The summed E-state index contributed by atoms with van der Waals surface area (Å²) in [6.07, 6.45) is 7.59. The van der Waals surface area contributed by atoms with Gasteiger partial charge in [-0.15, -0.1) is 11.3 Å². The Bertz CT molecular complexity index is 372. The van der Waals surface area contributed by atoms with Crippen LogP contribution in [0.2, 0.25) is 0 Å². The molecule has 0 bridgehead atoms. The molecule has 1 heterocycles. The summed E-state index contributed by atoms with van der Waals surface area (Å²) in [7, 11) is 0. The minimum atomic E-state index is -0.0647. The molecule has 0 radical (unpaired) electrons. The van der Waals surface area contributed by atoms with Crippen molar-refractivity contribution in [2.24, 2.45) is 0 Å². The normalized spacial score (nSPS) is 16.1. The Hall–Kier alpha value is -1.10. The fourth-order valence-corrected chi connectivity index (χ4v) is 2.86. The van der Waals surface area contributed by atoms with Gasteiger partial charge in [0.2, 0.25) is 0 Å². The van der Waals surface area contributed by atoms with Crippen molar-refractivity contribution in [2.75, 3.05) is 0 Å². The lowest BCUT2D eigenvalue weighted by atomic mass is 10.3. The number of nitrogens with one attached hydrogen (secondary N) is 2. The van der Waals surface area contributed by atoms with Crippen LogP contribution in [0, 0.1) is 0 Å². The van der Waals surface area contributed by atoms with Crippen LogP contribution in [-0.4, -0.2) is 17.1 Å². The lowest BCUT2D eigenvalue weighted by molar-refractivity contribution is 0.236. The number of hydrogen-bond donors (Lipinski definition) is 2. The summed E-state index contributed by atoms with van der Waals surface area (Å²) in [5, 5.41) is 6.83. The van der Waals surface area contributed by atoms with Crippen molar-refractivity contribution >= 4 is 17.4 Å². The van der Waals surface area contributed by atoms with E-state index < -0.39 is 0 Å². The van der Waals surface area contributed by atoms with E-state index in [4.69, 9.17) is 0 Å². The van der Waals surface area contributed by atoms with Crippen molar-refractivity contribution in [3.8, 4) is 0 Å². The van der Waals surface area contributed by atoms with Gasteiger partial charge in [-0.3, -0.25) is 0 Å². The molecule has 1 fully saturated rings. The van der Waals surface area contributed by atoms with E-state index >= 15 is 0 Å². The van der Waals surface area contributed by atoms with E-state index in [1.807, 2.05) is 6.20 Å². The molecule has 17 heavy (non-hydrogen) atoms. The summed E-state index contributed by atoms with van der Waals surface area (Å²) in [6, 6.07) is 0.308. The van der Waals surface area contributed by atoms with E-state index in [1.165, 1.54) is 17.7 Å². The molecule has 0 unspecified atom stereocenters.